The fraction of sp³-hybridized carbons (Fsp3) is 0.615. The first kappa shape index (κ1) is 12.2. The summed E-state index contributed by atoms with van der Waals surface area (Å²) in [7, 11) is 0. The first-order chi connectivity index (χ1) is 8.38. The molecule has 1 aromatic rings. The van der Waals surface area contributed by atoms with E-state index in [1.165, 1.54) is 12.8 Å². The third kappa shape index (κ3) is 3.88. The number of nitrogens with one attached hydrogen (secondary N) is 1. The maximum absolute atomic E-state index is 5.31. The molecule has 1 aromatic heterocycles. The van der Waals surface area contributed by atoms with Crippen LogP contribution in [0, 0.1) is 12.3 Å². The third-order valence-electron chi connectivity index (χ3n) is 3.26. The zero-order chi connectivity index (χ0) is 11.9. The van der Waals surface area contributed by atoms with Crippen LogP contribution in [0.2, 0.25) is 0 Å². The molecule has 0 spiro atoms. The lowest BCUT2D eigenvalue weighted by molar-refractivity contribution is 0.217. The summed E-state index contributed by atoms with van der Waals surface area (Å²) in [6.07, 6.45) is 13.4. The Balaban J connectivity index is 1.60. The highest BCUT2D eigenvalue weighted by molar-refractivity contribution is 4.90. The molecule has 0 aromatic carbocycles. The summed E-state index contributed by atoms with van der Waals surface area (Å²) in [5, 5.41) is 3.60. The van der Waals surface area contributed by atoms with E-state index in [9.17, 15) is 0 Å². The number of piperidine rings is 1. The number of terminal acetylenes is 1. The molecular weight excluding hydrogens is 212 g/mol. The van der Waals surface area contributed by atoms with Gasteiger partial charge in [0.05, 0.1) is 12.9 Å². The van der Waals surface area contributed by atoms with E-state index in [4.69, 9.17) is 6.42 Å². The molecule has 1 aliphatic heterocycles. The molecule has 1 aliphatic rings. The lowest BCUT2D eigenvalue weighted by Crippen LogP contribution is -2.43. The second-order valence-electron chi connectivity index (χ2n) is 4.51. The summed E-state index contributed by atoms with van der Waals surface area (Å²) >= 11 is 0. The Morgan fingerprint density at radius 2 is 2.24 bits per heavy atom. The van der Waals surface area contributed by atoms with Crippen LogP contribution in [0.4, 0.5) is 0 Å². The van der Waals surface area contributed by atoms with Crippen LogP contribution >= 0.6 is 0 Å². The van der Waals surface area contributed by atoms with Crippen molar-refractivity contribution in [3.63, 3.8) is 0 Å². The van der Waals surface area contributed by atoms with Crippen molar-refractivity contribution in [2.75, 3.05) is 26.2 Å². The Bertz CT molecular complexity index is 344. The van der Waals surface area contributed by atoms with E-state index in [0.29, 0.717) is 6.04 Å². The van der Waals surface area contributed by atoms with Gasteiger partial charge >= 0.3 is 0 Å². The molecule has 2 heterocycles. The van der Waals surface area contributed by atoms with Crippen LogP contribution in [0.15, 0.2) is 18.7 Å². The van der Waals surface area contributed by atoms with E-state index in [1.807, 2.05) is 18.7 Å². The van der Waals surface area contributed by atoms with Crippen LogP contribution in [0.3, 0.4) is 0 Å². The van der Waals surface area contributed by atoms with Gasteiger partial charge in [-0.3, -0.25) is 4.90 Å². The van der Waals surface area contributed by atoms with Gasteiger partial charge in [-0.25, -0.2) is 4.98 Å². The van der Waals surface area contributed by atoms with Gasteiger partial charge in [0.25, 0.3) is 0 Å². The molecule has 0 atom stereocenters. The van der Waals surface area contributed by atoms with E-state index in [2.05, 4.69) is 25.7 Å². The molecule has 17 heavy (non-hydrogen) atoms. The monoisotopic (exact) mass is 232 g/mol. The fourth-order valence-electron chi connectivity index (χ4n) is 2.24. The van der Waals surface area contributed by atoms with Crippen LogP contribution in [-0.4, -0.2) is 46.7 Å². The number of hydrogen-bond donors (Lipinski definition) is 1. The van der Waals surface area contributed by atoms with Crippen molar-refractivity contribution in [3.05, 3.63) is 18.7 Å². The van der Waals surface area contributed by atoms with E-state index in [-0.39, 0.29) is 0 Å². The zero-order valence-corrected chi connectivity index (χ0v) is 10.2. The Kier molecular flexibility index (Phi) is 4.60. The van der Waals surface area contributed by atoms with E-state index in [1.54, 1.807) is 0 Å². The number of imidazole rings is 1. The second-order valence-corrected chi connectivity index (χ2v) is 4.51. The van der Waals surface area contributed by atoms with Gasteiger partial charge in [-0.2, -0.15) is 0 Å². The van der Waals surface area contributed by atoms with Gasteiger partial charge in [-0.1, -0.05) is 5.92 Å². The molecular formula is C13H20N4. The van der Waals surface area contributed by atoms with E-state index in [0.717, 1.165) is 32.7 Å². The number of rotatable bonds is 5. The van der Waals surface area contributed by atoms with Crippen molar-refractivity contribution in [2.24, 2.45) is 0 Å². The van der Waals surface area contributed by atoms with Crippen molar-refractivity contribution < 1.29 is 0 Å². The van der Waals surface area contributed by atoms with Gasteiger partial charge < -0.3 is 9.88 Å². The largest absolute Gasteiger partial charge is 0.336 e. The van der Waals surface area contributed by atoms with Crippen molar-refractivity contribution in [1.82, 2.24) is 19.8 Å². The van der Waals surface area contributed by atoms with Crippen LogP contribution in [0.5, 0.6) is 0 Å². The van der Waals surface area contributed by atoms with Crippen LogP contribution in [0.25, 0.3) is 0 Å². The second kappa shape index (κ2) is 6.43. The number of nitrogens with zero attached hydrogens (tertiary/aromatic N) is 3. The summed E-state index contributed by atoms with van der Waals surface area (Å²) in [5.41, 5.74) is 0. The van der Waals surface area contributed by atoms with Gasteiger partial charge in [-0.05, 0) is 12.8 Å². The minimum atomic E-state index is 0.646. The van der Waals surface area contributed by atoms with Gasteiger partial charge in [0.2, 0.25) is 0 Å². The fourth-order valence-corrected chi connectivity index (χ4v) is 2.24. The summed E-state index contributed by atoms with van der Waals surface area (Å²) in [4.78, 5) is 6.37. The molecule has 0 aliphatic carbocycles. The average molecular weight is 232 g/mol. The van der Waals surface area contributed by atoms with Gasteiger partial charge in [-0.15, -0.1) is 6.42 Å². The highest BCUT2D eigenvalue weighted by Gasteiger charge is 2.17. The predicted molar refractivity (Wildman–Crippen MR) is 68.5 cm³/mol. The van der Waals surface area contributed by atoms with Gasteiger partial charge in [0.1, 0.15) is 0 Å². The van der Waals surface area contributed by atoms with Crippen LogP contribution < -0.4 is 5.32 Å². The maximum Gasteiger partial charge on any atom is 0.0946 e. The Labute approximate surface area is 103 Å². The molecule has 0 amide bonds. The summed E-state index contributed by atoms with van der Waals surface area (Å²) in [6, 6.07) is 0.646. The number of aromatic nitrogens is 2. The highest BCUT2D eigenvalue weighted by atomic mass is 15.1. The Morgan fingerprint density at radius 1 is 1.41 bits per heavy atom. The molecule has 92 valence electrons. The normalized spacial score (nSPS) is 18.1. The van der Waals surface area contributed by atoms with Crippen LogP contribution in [0.1, 0.15) is 12.8 Å². The number of hydrogen-bond acceptors (Lipinski definition) is 3. The topological polar surface area (TPSA) is 33.1 Å². The lowest BCUT2D eigenvalue weighted by atomic mass is 10.1. The molecule has 0 saturated carbocycles. The number of likely N-dealkylation sites (tertiary alicyclic amines) is 1. The molecule has 4 nitrogen and oxygen atoms in total. The summed E-state index contributed by atoms with van der Waals surface area (Å²) < 4.78 is 2.10. The molecule has 4 heteroatoms. The third-order valence-corrected chi connectivity index (χ3v) is 3.26. The van der Waals surface area contributed by atoms with Crippen molar-refractivity contribution in [1.29, 1.82) is 0 Å². The SMILES string of the molecule is C#CCN1CCC(NCCn2ccnc2)CC1. The minimum absolute atomic E-state index is 0.646. The van der Waals surface area contributed by atoms with Gasteiger partial charge in [0, 0.05) is 44.6 Å². The van der Waals surface area contributed by atoms with Gasteiger partial charge in [0.15, 0.2) is 0 Å². The first-order valence-corrected chi connectivity index (χ1v) is 6.23. The molecule has 2 rings (SSSR count). The Morgan fingerprint density at radius 3 is 2.88 bits per heavy atom. The quantitative estimate of drug-likeness (QED) is 0.754. The molecule has 0 radical (unpaired) electrons. The van der Waals surface area contributed by atoms with Crippen molar-refractivity contribution >= 4 is 0 Å². The zero-order valence-electron chi connectivity index (χ0n) is 10.2. The smallest absolute Gasteiger partial charge is 0.0946 e. The molecule has 1 fully saturated rings. The molecule has 1 N–H and O–H groups in total. The predicted octanol–water partition coefficient (Wildman–Crippen LogP) is 0.570. The molecule has 0 unspecified atom stereocenters. The maximum atomic E-state index is 5.31. The molecule has 0 bridgehead atoms. The molecule has 1 saturated heterocycles. The van der Waals surface area contributed by atoms with Crippen LogP contribution in [-0.2, 0) is 6.54 Å². The van der Waals surface area contributed by atoms with Crippen molar-refractivity contribution in [3.8, 4) is 12.3 Å². The summed E-state index contributed by atoms with van der Waals surface area (Å²) in [5.74, 6) is 2.71. The first-order valence-electron chi connectivity index (χ1n) is 6.23. The summed E-state index contributed by atoms with van der Waals surface area (Å²) in [6.45, 7) is 5.03. The lowest BCUT2D eigenvalue weighted by Gasteiger charge is -2.31. The minimum Gasteiger partial charge on any atom is -0.336 e. The average Bonchev–Trinajstić information content (AvgIpc) is 2.85. The Hall–Kier alpha value is -1.31. The van der Waals surface area contributed by atoms with E-state index < -0.39 is 0 Å². The van der Waals surface area contributed by atoms with E-state index >= 15 is 0 Å². The highest BCUT2D eigenvalue weighted by Crippen LogP contribution is 2.09. The standard InChI is InChI=1S/C13H20N4/c1-2-7-16-8-3-13(4-9-16)15-6-11-17-10-5-14-12-17/h1,5,10,12-13,15H,3-4,6-9,11H2. The van der Waals surface area contributed by atoms with Crippen molar-refractivity contribution in [2.45, 2.75) is 25.4 Å².